The lowest BCUT2D eigenvalue weighted by Crippen LogP contribution is -2.30. The minimum absolute atomic E-state index is 0.131. The number of carbonyl (C=O) groups excluding carboxylic acids is 3. The van der Waals surface area contributed by atoms with Crippen molar-refractivity contribution in [2.75, 3.05) is 13.2 Å². The molecule has 0 aliphatic rings. The van der Waals surface area contributed by atoms with Crippen LogP contribution in [0.3, 0.4) is 0 Å². The first kappa shape index (κ1) is 62.3. The van der Waals surface area contributed by atoms with Gasteiger partial charge in [0.2, 0.25) is 0 Å². The highest BCUT2D eigenvalue weighted by molar-refractivity contribution is 5.71. The maximum Gasteiger partial charge on any atom is 0.306 e. The predicted molar refractivity (Wildman–Crippen MR) is 288 cm³/mol. The van der Waals surface area contributed by atoms with Crippen molar-refractivity contribution >= 4 is 17.9 Å². The molecule has 0 bridgehead atoms. The van der Waals surface area contributed by atoms with E-state index in [0.29, 0.717) is 19.3 Å². The third kappa shape index (κ3) is 52.1. The van der Waals surface area contributed by atoms with Gasteiger partial charge in [0.1, 0.15) is 13.2 Å². The molecule has 0 radical (unpaired) electrons. The van der Waals surface area contributed by atoms with Gasteiger partial charge in [0, 0.05) is 19.3 Å². The van der Waals surface area contributed by atoms with Crippen LogP contribution in [0.4, 0.5) is 0 Å². The fraction of sp³-hybridized carbons (Fsp3) is 0.557. The fourth-order valence-corrected chi connectivity index (χ4v) is 6.54. The van der Waals surface area contributed by atoms with Crippen molar-refractivity contribution in [2.24, 2.45) is 0 Å². The predicted octanol–water partition coefficient (Wildman–Crippen LogP) is 17.6. The normalized spacial score (nSPS) is 13.3. The molecule has 1 unspecified atom stereocenters. The third-order valence-electron chi connectivity index (χ3n) is 10.4. The van der Waals surface area contributed by atoms with Crippen LogP contribution in [-0.4, -0.2) is 37.2 Å². The Bertz CT molecular complexity index is 1530. The summed E-state index contributed by atoms with van der Waals surface area (Å²) in [6.45, 7) is 6.22. The summed E-state index contributed by atoms with van der Waals surface area (Å²) >= 11 is 0. The average Bonchev–Trinajstić information content (AvgIpc) is 3.33. The van der Waals surface area contributed by atoms with Gasteiger partial charge >= 0.3 is 17.9 Å². The van der Waals surface area contributed by atoms with E-state index < -0.39 is 12.1 Å². The van der Waals surface area contributed by atoms with Crippen LogP contribution in [0.5, 0.6) is 0 Å². The molecule has 6 nitrogen and oxygen atoms in total. The molecule has 0 saturated heterocycles. The van der Waals surface area contributed by atoms with Gasteiger partial charge in [0.25, 0.3) is 0 Å². The molecular formula is C61H94O6. The first-order chi connectivity index (χ1) is 33.0. The molecule has 0 saturated carbocycles. The van der Waals surface area contributed by atoms with Crippen LogP contribution in [0.2, 0.25) is 0 Å². The summed E-state index contributed by atoms with van der Waals surface area (Å²) in [6.07, 6.45) is 77.0. The first-order valence-corrected chi connectivity index (χ1v) is 26.4. The monoisotopic (exact) mass is 923 g/mol. The Labute approximate surface area is 410 Å². The van der Waals surface area contributed by atoms with E-state index in [-0.39, 0.29) is 38.0 Å². The van der Waals surface area contributed by atoms with Gasteiger partial charge in [0.05, 0.1) is 0 Å². The molecule has 0 aromatic rings. The zero-order chi connectivity index (χ0) is 48.6. The van der Waals surface area contributed by atoms with Gasteiger partial charge in [-0.15, -0.1) is 0 Å². The molecule has 374 valence electrons. The average molecular weight is 923 g/mol. The molecule has 0 aromatic heterocycles. The highest BCUT2D eigenvalue weighted by Gasteiger charge is 2.19. The molecule has 0 aromatic carbocycles. The van der Waals surface area contributed by atoms with E-state index in [1.807, 2.05) is 54.7 Å². The number of esters is 3. The number of allylic oxidation sites excluding steroid dienone is 24. The molecule has 67 heavy (non-hydrogen) atoms. The van der Waals surface area contributed by atoms with E-state index in [4.69, 9.17) is 14.2 Å². The minimum atomic E-state index is -0.844. The van der Waals surface area contributed by atoms with Crippen molar-refractivity contribution in [1.82, 2.24) is 0 Å². The van der Waals surface area contributed by atoms with Crippen molar-refractivity contribution in [1.29, 1.82) is 0 Å². The van der Waals surface area contributed by atoms with Crippen LogP contribution in [0.25, 0.3) is 0 Å². The van der Waals surface area contributed by atoms with Gasteiger partial charge in [-0.05, 0) is 103 Å². The molecule has 1 atom stereocenters. The number of ether oxygens (including phenoxy) is 3. The lowest BCUT2D eigenvalue weighted by Gasteiger charge is -2.18. The van der Waals surface area contributed by atoms with Gasteiger partial charge in [-0.2, -0.15) is 0 Å². The molecular weight excluding hydrogens is 829 g/mol. The summed E-state index contributed by atoms with van der Waals surface area (Å²) < 4.78 is 16.7. The zero-order valence-corrected chi connectivity index (χ0v) is 42.6. The van der Waals surface area contributed by atoms with E-state index in [1.54, 1.807) is 0 Å². The number of unbranched alkanes of at least 4 members (excludes halogenated alkanes) is 14. The molecule has 0 rings (SSSR count). The van der Waals surface area contributed by atoms with Crippen molar-refractivity contribution < 1.29 is 28.6 Å². The van der Waals surface area contributed by atoms with E-state index in [9.17, 15) is 14.4 Å². The summed E-state index contributed by atoms with van der Waals surface area (Å²) in [5.74, 6) is -1.08. The molecule has 6 heteroatoms. The highest BCUT2D eigenvalue weighted by atomic mass is 16.6. The molecule has 0 amide bonds. The van der Waals surface area contributed by atoms with E-state index in [2.05, 4.69) is 112 Å². The standard InChI is InChI=1S/C61H94O6/c1-4-7-10-13-16-19-22-25-27-29-30-32-33-36-39-42-45-48-51-54-60(63)66-57-58(56-65-59(62)53-50-47-44-41-38-35-24-21-18-15-12-9-6-3)67-61(64)55-52-49-46-43-40-37-34-31-28-26-23-20-17-14-11-8-5-2/h7,9-10,12,15-21,24-28,34-35,37-38,41,43-44,46,58H,4-6,8,11,13-14,22-23,29-33,36,39-40,42,45,47-57H2,1-3H3/b10-7+,12-9+,18-15+,19-16+,20-17+,24-21+,27-25+,28-26+,37-34+,38-35+,44-41+,46-43+. The third-order valence-corrected chi connectivity index (χ3v) is 10.4. The second-order valence-corrected chi connectivity index (χ2v) is 16.8. The molecule has 0 fully saturated rings. The number of hydrogen-bond acceptors (Lipinski definition) is 6. The second-order valence-electron chi connectivity index (χ2n) is 16.8. The van der Waals surface area contributed by atoms with Crippen LogP contribution in [0.15, 0.2) is 146 Å². The van der Waals surface area contributed by atoms with Gasteiger partial charge in [-0.25, -0.2) is 0 Å². The van der Waals surface area contributed by atoms with E-state index >= 15 is 0 Å². The van der Waals surface area contributed by atoms with Gasteiger partial charge in [0.15, 0.2) is 6.10 Å². The van der Waals surface area contributed by atoms with E-state index in [0.717, 1.165) is 83.5 Å². The Morgan fingerprint density at radius 1 is 0.328 bits per heavy atom. The SMILES string of the molecule is CC/C=C/C=C/C=C/C=C/C=C/CCCC(=O)OCC(COC(=O)CCCCCCCCCCC/C=C/C/C=C/C/C=C/CC)OC(=O)CCC/C=C/C/C=C/C/C=C/C/C=C/CCCCC. The zero-order valence-electron chi connectivity index (χ0n) is 42.6. The summed E-state index contributed by atoms with van der Waals surface area (Å²) in [6, 6.07) is 0. The fourth-order valence-electron chi connectivity index (χ4n) is 6.54. The van der Waals surface area contributed by atoms with Gasteiger partial charge < -0.3 is 14.2 Å². The molecule has 0 aliphatic carbocycles. The number of rotatable bonds is 45. The Morgan fingerprint density at radius 2 is 0.672 bits per heavy atom. The number of carbonyl (C=O) groups is 3. The second kappa shape index (κ2) is 53.9. The van der Waals surface area contributed by atoms with Crippen molar-refractivity contribution in [3.63, 3.8) is 0 Å². The summed E-state index contributed by atoms with van der Waals surface area (Å²) in [5.41, 5.74) is 0. The molecule has 0 N–H and O–H groups in total. The lowest BCUT2D eigenvalue weighted by atomic mass is 10.1. The molecule has 0 spiro atoms. The van der Waals surface area contributed by atoms with Crippen LogP contribution in [0.1, 0.15) is 201 Å². The topological polar surface area (TPSA) is 78.9 Å². The summed E-state index contributed by atoms with van der Waals surface area (Å²) in [7, 11) is 0. The highest BCUT2D eigenvalue weighted by Crippen LogP contribution is 2.13. The van der Waals surface area contributed by atoms with Gasteiger partial charge in [-0.3, -0.25) is 14.4 Å². The molecule has 0 heterocycles. The lowest BCUT2D eigenvalue weighted by molar-refractivity contribution is -0.167. The Kier molecular flexibility index (Phi) is 50.1. The Morgan fingerprint density at radius 3 is 1.15 bits per heavy atom. The summed E-state index contributed by atoms with van der Waals surface area (Å²) in [5, 5.41) is 0. The number of hydrogen-bond donors (Lipinski definition) is 0. The van der Waals surface area contributed by atoms with Crippen molar-refractivity contribution in [3.8, 4) is 0 Å². The Balaban J connectivity index is 4.57. The quantitative estimate of drug-likeness (QED) is 0.0199. The minimum Gasteiger partial charge on any atom is -0.462 e. The van der Waals surface area contributed by atoms with Crippen LogP contribution < -0.4 is 0 Å². The Hall–Kier alpha value is -4.71. The van der Waals surface area contributed by atoms with E-state index in [1.165, 1.54) is 64.2 Å². The van der Waals surface area contributed by atoms with Crippen LogP contribution in [0, 0.1) is 0 Å². The van der Waals surface area contributed by atoms with Gasteiger partial charge in [-0.1, -0.05) is 224 Å². The smallest absolute Gasteiger partial charge is 0.306 e. The maximum absolute atomic E-state index is 12.8. The van der Waals surface area contributed by atoms with Crippen LogP contribution in [-0.2, 0) is 28.6 Å². The van der Waals surface area contributed by atoms with Crippen molar-refractivity contribution in [2.45, 2.75) is 207 Å². The molecule has 0 aliphatic heterocycles. The largest absolute Gasteiger partial charge is 0.462 e. The van der Waals surface area contributed by atoms with Crippen LogP contribution >= 0.6 is 0 Å². The van der Waals surface area contributed by atoms with Crippen molar-refractivity contribution in [3.05, 3.63) is 146 Å². The first-order valence-electron chi connectivity index (χ1n) is 26.4. The maximum atomic E-state index is 12.8. The summed E-state index contributed by atoms with van der Waals surface area (Å²) in [4.78, 5) is 38.0.